The molecule has 0 atom stereocenters. The van der Waals surface area contributed by atoms with Crippen molar-refractivity contribution in [2.75, 3.05) is 19.6 Å². The number of nitrogens with one attached hydrogen (secondary N) is 3. The second kappa shape index (κ2) is 12.2. The van der Waals surface area contributed by atoms with E-state index >= 15 is 0 Å². The van der Waals surface area contributed by atoms with E-state index in [4.69, 9.17) is 11.6 Å². The maximum atomic E-state index is 12.1. The minimum Gasteiger partial charge on any atom is -0.357 e. The molecule has 0 saturated heterocycles. The number of thiazole rings is 1. The van der Waals surface area contributed by atoms with Gasteiger partial charge in [0.1, 0.15) is 9.22 Å². The maximum Gasteiger partial charge on any atom is 0.250 e. The van der Waals surface area contributed by atoms with Gasteiger partial charge in [-0.2, -0.15) is 0 Å². The first-order valence-electron chi connectivity index (χ1n) is 8.15. The van der Waals surface area contributed by atoms with Crippen LogP contribution in [0.4, 0.5) is 0 Å². The van der Waals surface area contributed by atoms with Gasteiger partial charge in [-0.3, -0.25) is 0 Å². The summed E-state index contributed by atoms with van der Waals surface area (Å²) >= 11 is 8.46. The van der Waals surface area contributed by atoms with Gasteiger partial charge in [-0.25, -0.2) is 23.1 Å². The van der Waals surface area contributed by atoms with E-state index in [-0.39, 0.29) is 34.7 Å². The van der Waals surface area contributed by atoms with Gasteiger partial charge >= 0.3 is 0 Å². The van der Waals surface area contributed by atoms with Crippen molar-refractivity contribution in [3.05, 3.63) is 32.6 Å². The highest BCUT2D eigenvalue weighted by atomic mass is 127. The third-order valence-corrected chi connectivity index (χ3v) is 7.50. The molecule has 0 saturated carbocycles. The lowest BCUT2D eigenvalue weighted by Gasteiger charge is -2.11. The van der Waals surface area contributed by atoms with Crippen LogP contribution in [0.5, 0.6) is 0 Å². The van der Waals surface area contributed by atoms with Crippen LogP contribution in [-0.4, -0.2) is 39.0 Å². The van der Waals surface area contributed by atoms with Gasteiger partial charge in [0.2, 0.25) is 10.0 Å². The van der Waals surface area contributed by atoms with Crippen molar-refractivity contribution in [1.29, 1.82) is 0 Å². The van der Waals surface area contributed by atoms with Crippen LogP contribution in [0.3, 0.4) is 0 Å². The van der Waals surface area contributed by atoms with Crippen molar-refractivity contribution >= 4 is 74.2 Å². The number of hydrogen-bond acceptors (Lipinski definition) is 6. The first-order chi connectivity index (χ1) is 12.4. The van der Waals surface area contributed by atoms with Gasteiger partial charge in [-0.15, -0.1) is 46.7 Å². The van der Waals surface area contributed by atoms with Crippen LogP contribution < -0.4 is 15.4 Å². The van der Waals surface area contributed by atoms with Gasteiger partial charge in [-0.05, 0) is 25.5 Å². The quantitative estimate of drug-likeness (QED) is 0.189. The number of aromatic nitrogens is 1. The van der Waals surface area contributed by atoms with E-state index in [9.17, 15) is 8.42 Å². The topological polar surface area (TPSA) is 95.5 Å². The Bertz CT molecular complexity index is 838. The molecule has 0 fully saturated rings. The highest BCUT2D eigenvalue weighted by Crippen LogP contribution is 2.25. The summed E-state index contributed by atoms with van der Waals surface area (Å²) in [7, 11) is -3.53. The van der Waals surface area contributed by atoms with E-state index in [1.54, 1.807) is 17.4 Å². The van der Waals surface area contributed by atoms with Crippen molar-refractivity contribution in [1.82, 2.24) is 20.3 Å². The zero-order valence-corrected chi connectivity index (χ0v) is 20.5. The third-order valence-electron chi connectivity index (χ3n) is 3.19. The van der Waals surface area contributed by atoms with Crippen LogP contribution >= 0.6 is 58.3 Å². The number of aliphatic imine (C=N–C) groups is 1. The number of aryl methyl sites for hydroxylation is 1. The summed E-state index contributed by atoms with van der Waals surface area (Å²) in [4.78, 5) is 10.0. The SMILES string of the molecule is CCNC(=NCc1ncc(CC)s1)NCCNS(=O)(=O)c1ccc(Cl)s1.I. The summed E-state index contributed by atoms with van der Waals surface area (Å²) in [5.74, 6) is 0.624. The minimum absolute atomic E-state index is 0. The molecule has 0 bridgehead atoms. The van der Waals surface area contributed by atoms with Crippen molar-refractivity contribution in [3.63, 3.8) is 0 Å². The molecule has 27 heavy (non-hydrogen) atoms. The molecule has 0 unspecified atom stereocenters. The fraction of sp³-hybridized carbons (Fsp3) is 0.467. The molecule has 0 aromatic carbocycles. The van der Waals surface area contributed by atoms with Crippen LogP contribution in [0.2, 0.25) is 4.34 Å². The Morgan fingerprint density at radius 1 is 1.22 bits per heavy atom. The molecule has 0 spiro atoms. The summed E-state index contributed by atoms with van der Waals surface area (Å²) in [6, 6.07) is 3.06. The Kier molecular flexibility index (Phi) is 11.1. The normalized spacial score (nSPS) is 11.9. The van der Waals surface area contributed by atoms with E-state index in [1.807, 2.05) is 13.1 Å². The Balaban J connectivity index is 0.00000364. The Morgan fingerprint density at radius 2 is 2.00 bits per heavy atom. The van der Waals surface area contributed by atoms with Crippen molar-refractivity contribution in [2.45, 2.75) is 31.0 Å². The number of guanidine groups is 1. The first-order valence-corrected chi connectivity index (χ1v) is 11.6. The summed E-state index contributed by atoms with van der Waals surface area (Å²) in [6.45, 7) is 5.90. The summed E-state index contributed by atoms with van der Waals surface area (Å²) in [5, 5.41) is 7.19. The molecular formula is C15H23ClIN5O2S3. The maximum absolute atomic E-state index is 12.1. The van der Waals surface area contributed by atoms with Crippen LogP contribution in [0, 0.1) is 0 Å². The van der Waals surface area contributed by atoms with Crippen LogP contribution in [0.15, 0.2) is 27.5 Å². The van der Waals surface area contributed by atoms with Crippen molar-refractivity contribution in [2.24, 2.45) is 4.99 Å². The highest BCUT2D eigenvalue weighted by molar-refractivity contribution is 14.0. The van der Waals surface area contributed by atoms with Gasteiger partial charge in [0, 0.05) is 30.7 Å². The number of sulfonamides is 1. The van der Waals surface area contributed by atoms with E-state index in [0.29, 0.717) is 29.9 Å². The zero-order chi connectivity index (χ0) is 19.0. The number of nitrogens with zero attached hydrogens (tertiary/aromatic N) is 2. The first kappa shape index (κ1) is 24.6. The third kappa shape index (κ3) is 8.20. The van der Waals surface area contributed by atoms with E-state index in [1.165, 1.54) is 10.9 Å². The Labute approximate surface area is 190 Å². The molecule has 0 aliphatic carbocycles. The largest absolute Gasteiger partial charge is 0.357 e. The highest BCUT2D eigenvalue weighted by Gasteiger charge is 2.15. The Hall–Kier alpha value is -0.470. The van der Waals surface area contributed by atoms with Gasteiger partial charge in [0.25, 0.3) is 0 Å². The lowest BCUT2D eigenvalue weighted by Crippen LogP contribution is -2.41. The molecule has 3 N–H and O–H groups in total. The number of halogens is 2. The van der Waals surface area contributed by atoms with Gasteiger partial charge in [0.05, 0.1) is 10.9 Å². The summed E-state index contributed by atoms with van der Waals surface area (Å²) in [5.41, 5.74) is 0. The number of rotatable bonds is 9. The monoisotopic (exact) mass is 563 g/mol. The lowest BCUT2D eigenvalue weighted by atomic mass is 10.4. The number of hydrogen-bond donors (Lipinski definition) is 3. The molecule has 152 valence electrons. The summed E-state index contributed by atoms with van der Waals surface area (Å²) < 4.78 is 27.4. The second-order valence-corrected chi connectivity index (χ2v) is 10.1. The van der Waals surface area contributed by atoms with Crippen molar-refractivity contribution < 1.29 is 8.42 Å². The van der Waals surface area contributed by atoms with Crippen LogP contribution in [-0.2, 0) is 23.0 Å². The molecular weight excluding hydrogens is 541 g/mol. The molecule has 2 aromatic heterocycles. The smallest absolute Gasteiger partial charge is 0.250 e. The summed E-state index contributed by atoms with van der Waals surface area (Å²) in [6.07, 6.45) is 2.84. The minimum atomic E-state index is -3.53. The average molecular weight is 564 g/mol. The van der Waals surface area contributed by atoms with Gasteiger partial charge in [-0.1, -0.05) is 18.5 Å². The van der Waals surface area contributed by atoms with E-state index < -0.39 is 10.0 Å². The van der Waals surface area contributed by atoms with Crippen molar-refractivity contribution in [3.8, 4) is 0 Å². The predicted octanol–water partition coefficient (Wildman–Crippen LogP) is 3.07. The Morgan fingerprint density at radius 3 is 2.59 bits per heavy atom. The van der Waals surface area contributed by atoms with E-state index in [0.717, 1.165) is 22.8 Å². The molecule has 0 radical (unpaired) electrons. The fourth-order valence-corrected chi connectivity index (χ4v) is 5.30. The molecule has 2 aromatic rings. The second-order valence-electron chi connectivity index (χ2n) is 5.15. The fourth-order valence-electron chi connectivity index (χ4n) is 1.95. The van der Waals surface area contributed by atoms with E-state index in [2.05, 4.69) is 32.3 Å². The molecule has 2 heterocycles. The standard InChI is InChI=1S/C15H22ClN5O2S3.HI/c1-3-11-9-19-13(24-11)10-20-15(17-4-2)18-7-8-21-26(22,23)14-6-5-12(16)25-14;/h5-6,9,21H,3-4,7-8,10H2,1-2H3,(H2,17,18,20);1H. The number of thiophene rings is 1. The molecule has 0 aliphatic heterocycles. The predicted molar refractivity (Wildman–Crippen MR) is 124 cm³/mol. The average Bonchev–Trinajstić information content (AvgIpc) is 3.25. The zero-order valence-electron chi connectivity index (χ0n) is 15.0. The molecule has 0 amide bonds. The molecule has 7 nitrogen and oxygen atoms in total. The van der Waals surface area contributed by atoms with Crippen LogP contribution in [0.25, 0.3) is 0 Å². The van der Waals surface area contributed by atoms with Gasteiger partial charge in [0.15, 0.2) is 5.96 Å². The van der Waals surface area contributed by atoms with Gasteiger partial charge < -0.3 is 10.6 Å². The molecule has 0 aliphatic rings. The molecule has 2 rings (SSSR count). The van der Waals surface area contributed by atoms with Crippen LogP contribution in [0.1, 0.15) is 23.7 Å². The molecule has 12 heteroatoms. The lowest BCUT2D eigenvalue weighted by molar-refractivity contribution is 0.582.